The second kappa shape index (κ2) is 6.12. The highest BCUT2D eigenvalue weighted by Gasteiger charge is 2.38. The molecule has 2 heterocycles. The number of nitrogens with two attached hydrogens (primary N) is 1. The summed E-state index contributed by atoms with van der Waals surface area (Å²) in [5.74, 6) is -1.22. The van der Waals surface area contributed by atoms with Crippen molar-refractivity contribution in [2.24, 2.45) is 5.73 Å². The Balaban J connectivity index is 1.77. The summed E-state index contributed by atoms with van der Waals surface area (Å²) in [7, 11) is 0. The van der Waals surface area contributed by atoms with Gasteiger partial charge in [0.2, 0.25) is 0 Å². The number of hydrogen-bond acceptors (Lipinski definition) is 4. The Morgan fingerprint density at radius 1 is 1.42 bits per heavy atom. The number of ether oxygens (including phenoxy) is 1. The largest absolute Gasteiger partial charge is 0.434 e. The number of nitrogens with zero attached hydrogens (tertiary/aromatic N) is 2. The molecule has 0 bridgehead atoms. The van der Waals surface area contributed by atoms with Gasteiger partial charge >= 0.3 is 6.09 Å². The molecule has 1 aromatic carbocycles. The van der Waals surface area contributed by atoms with E-state index in [0.717, 1.165) is 46.7 Å². The number of anilines is 1. The van der Waals surface area contributed by atoms with Crippen molar-refractivity contribution < 1.29 is 18.7 Å². The number of aryl methyl sites for hydroxylation is 1. The average molecular weight is 358 g/mol. The number of amides is 2. The van der Waals surface area contributed by atoms with Gasteiger partial charge in [-0.25, -0.2) is 9.18 Å². The molecule has 1 aliphatic heterocycles. The van der Waals surface area contributed by atoms with Gasteiger partial charge in [-0.3, -0.25) is 14.8 Å². The molecule has 1 aromatic heterocycles. The lowest BCUT2D eigenvalue weighted by molar-refractivity contribution is -0.124. The summed E-state index contributed by atoms with van der Waals surface area (Å²) >= 11 is 0. The van der Waals surface area contributed by atoms with Crippen LogP contribution in [0.25, 0.3) is 11.3 Å². The standard InChI is InChI=1S/C18H19FN4O3/c1-2-12-11-5-3-4-9-10(16(11)22-21-12)6-7-13(15(9)19)23-8-14(17(20)24)26-18(23)25/h6-7,14H,2-5,8H2,1H3,(H2,20,24)(H,21,22)/t14-/m1/s1. The highest BCUT2D eigenvalue weighted by atomic mass is 19.1. The lowest BCUT2D eigenvalue weighted by Gasteiger charge is -2.17. The summed E-state index contributed by atoms with van der Waals surface area (Å²) in [6, 6.07) is 3.32. The molecule has 4 rings (SSSR count). The quantitative estimate of drug-likeness (QED) is 0.877. The molecule has 0 unspecified atom stereocenters. The fraction of sp³-hybridized carbons (Fsp3) is 0.389. The van der Waals surface area contributed by atoms with Crippen molar-refractivity contribution in [3.8, 4) is 11.3 Å². The summed E-state index contributed by atoms with van der Waals surface area (Å²) in [5.41, 5.74) is 9.55. The number of carbonyl (C=O) groups is 2. The third-order valence-electron chi connectivity index (χ3n) is 5.06. The zero-order valence-electron chi connectivity index (χ0n) is 14.3. The summed E-state index contributed by atoms with van der Waals surface area (Å²) in [5, 5.41) is 7.43. The lowest BCUT2D eigenvalue weighted by Crippen LogP contribution is -2.33. The summed E-state index contributed by atoms with van der Waals surface area (Å²) in [6.07, 6.45) is 1.18. The van der Waals surface area contributed by atoms with Crippen molar-refractivity contribution in [2.45, 2.75) is 38.7 Å². The van der Waals surface area contributed by atoms with E-state index in [1.807, 2.05) is 0 Å². The highest BCUT2D eigenvalue weighted by molar-refractivity contribution is 5.95. The molecule has 2 amide bonds. The number of rotatable bonds is 3. The number of halogens is 1. The predicted octanol–water partition coefficient (Wildman–Crippen LogP) is 2.08. The van der Waals surface area contributed by atoms with E-state index in [0.29, 0.717) is 12.0 Å². The van der Waals surface area contributed by atoms with Gasteiger partial charge in [0.15, 0.2) is 11.9 Å². The first-order chi connectivity index (χ1) is 12.5. The van der Waals surface area contributed by atoms with Gasteiger partial charge in [-0.2, -0.15) is 5.10 Å². The Morgan fingerprint density at radius 2 is 2.19 bits per heavy atom. The first kappa shape index (κ1) is 16.6. The van der Waals surface area contributed by atoms with Crippen LogP contribution in [0.15, 0.2) is 12.1 Å². The van der Waals surface area contributed by atoms with Crippen LogP contribution in [0.2, 0.25) is 0 Å². The molecule has 3 N–H and O–H groups in total. The number of carbonyl (C=O) groups excluding carboxylic acids is 2. The minimum Gasteiger partial charge on any atom is -0.434 e. The molecule has 1 atom stereocenters. The maximum Gasteiger partial charge on any atom is 0.415 e. The topological polar surface area (TPSA) is 101 Å². The van der Waals surface area contributed by atoms with Crippen LogP contribution in [0.4, 0.5) is 14.9 Å². The monoisotopic (exact) mass is 358 g/mol. The number of benzene rings is 1. The van der Waals surface area contributed by atoms with Gasteiger partial charge in [-0.15, -0.1) is 0 Å². The van der Waals surface area contributed by atoms with Gasteiger partial charge in [0.1, 0.15) is 0 Å². The maximum atomic E-state index is 15.3. The summed E-state index contributed by atoms with van der Waals surface area (Å²) in [4.78, 5) is 24.4. The van der Waals surface area contributed by atoms with Crippen molar-refractivity contribution in [2.75, 3.05) is 11.4 Å². The summed E-state index contributed by atoms with van der Waals surface area (Å²) < 4.78 is 20.2. The molecular weight excluding hydrogens is 339 g/mol. The number of cyclic esters (lactones) is 1. The first-order valence-electron chi connectivity index (χ1n) is 8.66. The van der Waals surface area contributed by atoms with Gasteiger partial charge in [-0.05, 0) is 37.3 Å². The van der Waals surface area contributed by atoms with Crippen molar-refractivity contribution in [1.82, 2.24) is 10.2 Å². The van der Waals surface area contributed by atoms with E-state index in [9.17, 15) is 9.59 Å². The second-order valence-corrected chi connectivity index (χ2v) is 6.55. The molecule has 1 fully saturated rings. The van der Waals surface area contributed by atoms with Crippen LogP contribution in [0.3, 0.4) is 0 Å². The van der Waals surface area contributed by atoms with E-state index in [2.05, 4.69) is 17.1 Å². The summed E-state index contributed by atoms with van der Waals surface area (Å²) in [6.45, 7) is 1.97. The number of aromatic nitrogens is 2. The van der Waals surface area contributed by atoms with E-state index in [1.54, 1.807) is 6.07 Å². The molecule has 0 radical (unpaired) electrons. The van der Waals surface area contributed by atoms with Crippen molar-refractivity contribution >= 4 is 17.7 Å². The Kier molecular flexibility index (Phi) is 3.90. The number of H-pyrrole nitrogens is 1. The van der Waals surface area contributed by atoms with E-state index in [-0.39, 0.29) is 12.2 Å². The van der Waals surface area contributed by atoms with Gasteiger partial charge in [-0.1, -0.05) is 13.0 Å². The van der Waals surface area contributed by atoms with Crippen LogP contribution < -0.4 is 10.6 Å². The van der Waals surface area contributed by atoms with Crippen molar-refractivity contribution in [1.29, 1.82) is 0 Å². The normalized spacial score (nSPS) is 18.9. The fourth-order valence-electron chi connectivity index (χ4n) is 3.72. The Hall–Kier alpha value is -2.90. The van der Waals surface area contributed by atoms with Gasteiger partial charge in [0, 0.05) is 16.8 Å². The number of nitrogens with one attached hydrogen (secondary N) is 1. The number of aromatic amines is 1. The highest BCUT2D eigenvalue weighted by Crippen LogP contribution is 2.38. The second-order valence-electron chi connectivity index (χ2n) is 6.55. The number of primary amides is 1. The van der Waals surface area contributed by atoms with E-state index < -0.39 is 23.9 Å². The van der Waals surface area contributed by atoms with E-state index in [4.69, 9.17) is 10.5 Å². The molecule has 136 valence electrons. The molecule has 0 saturated carbocycles. The minimum absolute atomic E-state index is 0.0858. The van der Waals surface area contributed by atoms with Crippen LogP contribution in [-0.2, 0) is 28.8 Å². The molecule has 1 aliphatic carbocycles. The molecule has 7 nitrogen and oxygen atoms in total. The van der Waals surface area contributed by atoms with E-state index >= 15 is 4.39 Å². The fourth-order valence-corrected chi connectivity index (χ4v) is 3.72. The van der Waals surface area contributed by atoms with Gasteiger partial charge in [0.05, 0.1) is 17.9 Å². The average Bonchev–Trinajstić information content (AvgIpc) is 3.14. The van der Waals surface area contributed by atoms with E-state index in [1.165, 1.54) is 6.07 Å². The smallest absolute Gasteiger partial charge is 0.415 e. The van der Waals surface area contributed by atoms with Crippen molar-refractivity contribution in [3.05, 3.63) is 34.8 Å². The Bertz CT molecular complexity index is 908. The van der Waals surface area contributed by atoms with Crippen LogP contribution >= 0.6 is 0 Å². The Morgan fingerprint density at radius 3 is 2.88 bits per heavy atom. The molecular formula is C18H19FN4O3. The van der Waals surface area contributed by atoms with Crippen LogP contribution in [0, 0.1) is 5.82 Å². The maximum absolute atomic E-state index is 15.3. The van der Waals surface area contributed by atoms with Crippen molar-refractivity contribution in [3.63, 3.8) is 0 Å². The van der Waals surface area contributed by atoms with Gasteiger partial charge in [0.25, 0.3) is 5.91 Å². The third kappa shape index (κ3) is 2.44. The molecule has 26 heavy (non-hydrogen) atoms. The molecule has 2 aliphatic rings. The zero-order valence-corrected chi connectivity index (χ0v) is 14.3. The van der Waals surface area contributed by atoms with Crippen LogP contribution in [0.5, 0.6) is 0 Å². The lowest BCUT2D eigenvalue weighted by atomic mass is 9.99. The Labute approximate surface area is 149 Å². The molecule has 0 spiro atoms. The molecule has 2 aromatic rings. The van der Waals surface area contributed by atoms with Crippen LogP contribution in [-0.4, -0.2) is 34.8 Å². The zero-order chi connectivity index (χ0) is 18.4. The third-order valence-corrected chi connectivity index (χ3v) is 5.06. The minimum atomic E-state index is -1.06. The number of hydrogen-bond donors (Lipinski definition) is 2. The van der Waals surface area contributed by atoms with Gasteiger partial charge < -0.3 is 10.5 Å². The number of fused-ring (bicyclic) bond motifs is 3. The SMILES string of the molecule is CCc1[nH]nc2c1CCCc1c-2ccc(N2C[C@H](C(N)=O)OC2=O)c1F. The molecule has 1 saturated heterocycles. The first-order valence-corrected chi connectivity index (χ1v) is 8.66. The molecule has 8 heteroatoms. The van der Waals surface area contributed by atoms with Crippen LogP contribution in [0.1, 0.15) is 30.2 Å². The predicted molar refractivity (Wildman–Crippen MR) is 92.2 cm³/mol.